The molecule has 27 heavy (non-hydrogen) atoms. The zero-order valence-electron chi connectivity index (χ0n) is 14.8. The van der Waals surface area contributed by atoms with Gasteiger partial charge in [-0.15, -0.1) is 0 Å². The molecule has 4 nitrogen and oxygen atoms in total. The number of hydrogen-bond acceptors (Lipinski definition) is 3. The highest BCUT2D eigenvalue weighted by Gasteiger charge is 2.50. The van der Waals surface area contributed by atoms with Crippen LogP contribution in [0.3, 0.4) is 0 Å². The maximum atomic E-state index is 13.4. The molecular formula is C21H21ClFNO3. The van der Waals surface area contributed by atoms with Gasteiger partial charge in [0.15, 0.2) is 5.78 Å². The Morgan fingerprint density at radius 1 is 1.15 bits per heavy atom. The standard InChI is InChI=1S/C21H21ClFNO3/c22-17-12-16(13-18(23)14-17)6-7-19(25)21(27)9-11-24(20(21)26)10-8-15-4-2-1-3-5-15/h1-5,12-14,27H,6-11H2/t21-/m0/s1. The molecule has 6 heteroatoms. The smallest absolute Gasteiger partial charge is 0.262 e. The van der Waals surface area contributed by atoms with Crippen LogP contribution < -0.4 is 0 Å². The molecule has 1 fully saturated rings. The van der Waals surface area contributed by atoms with Crippen LogP contribution >= 0.6 is 11.6 Å². The van der Waals surface area contributed by atoms with E-state index in [1.54, 1.807) is 6.07 Å². The van der Waals surface area contributed by atoms with Crippen molar-refractivity contribution in [1.29, 1.82) is 0 Å². The molecule has 0 saturated carbocycles. The monoisotopic (exact) mass is 389 g/mol. The highest BCUT2D eigenvalue weighted by molar-refractivity contribution is 6.30. The van der Waals surface area contributed by atoms with E-state index in [9.17, 15) is 19.1 Å². The first-order chi connectivity index (χ1) is 12.9. The van der Waals surface area contributed by atoms with Crippen molar-refractivity contribution in [2.45, 2.75) is 31.3 Å². The van der Waals surface area contributed by atoms with E-state index >= 15 is 0 Å². The third-order valence-corrected chi connectivity index (χ3v) is 5.14. The summed E-state index contributed by atoms with van der Waals surface area (Å²) in [6.45, 7) is 0.803. The number of likely N-dealkylation sites (tertiary alicyclic amines) is 1. The van der Waals surface area contributed by atoms with Gasteiger partial charge < -0.3 is 10.0 Å². The Bertz CT molecular complexity index is 822. The Morgan fingerprint density at radius 3 is 2.59 bits per heavy atom. The highest BCUT2D eigenvalue weighted by Crippen LogP contribution is 2.26. The highest BCUT2D eigenvalue weighted by atomic mass is 35.5. The fraction of sp³-hybridized carbons (Fsp3) is 0.333. The minimum Gasteiger partial charge on any atom is -0.373 e. The second kappa shape index (κ2) is 8.19. The van der Waals surface area contributed by atoms with Gasteiger partial charge in [0, 0.05) is 31.0 Å². The number of ketones is 1. The molecule has 1 atom stereocenters. The van der Waals surface area contributed by atoms with Crippen molar-refractivity contribution in [3.05, 3.63) is 70.5 Å². The summed E-state index contributed by atoms with van der Waals surface area (Å²) in [5, 5.41) is 10.9. The topological polar surface area (TPSA) is 57.6 Å². The van der Waals surface area contributed by atoms with E-state index in [2.05, 4.69) is 0 Å². The van der Waals surface area contributed by atoms with Crippen molar-refractivity contribution in [3.63, 3.8) is 0 Å². The fourth-order valence-electron chi connectivity index (χ4n) is 3.37. The molecule has 1 aliphatic heterocycles. The number of carbonyl (C=O) groups excluding carboxylic acids is 2. The summed E-state index contributed by atoms with van der Waals surface area (Å²) in [6.07, 6.45) is 0.923. The summed E-state index contributed by atoms with van der Waals surface area (Å²) >= 11 is 5.81. The summed E-state index contributed by atoms with van der Waals surface area (Å²) in [5.41, 5.74) is -0.327. The SMILES string of the molecule is O=C(CCc1cc(F)cc(Cl)c1)[C@@]1(O)CCN(CCc2ccccc2)C1=O. The number of halogens is 2. The van der Waals surface area contributed by atoms with Crippen molar-refractivity contribution < 1.29 is 19.1 Å². The Labute approximate surface area is 162 Å². The average molecular weight is 390 g/mol. The third kappa shape index (κ3) is 4.54. The summed E-state index contributed by atoms with van der Waals surface area (Å²) in [7, 11) is 0. The van der Waals surface area contributed by atoms with Crippen LogP contribution in [-0.2, 0) is 22.4 Å². The minimum atomic E-state index is -1.98. The molecule has 2 aromatic carbocycles. The van der Waals surface area contributed by atoms with Crippen LogP contribution in [-0.4, -0.2) is 40.4 Å². The van der Waals surface area contributed by atoms with E-state index in [4.69, 9.17) is 11.6 Å². The number of hydrogen-bond donors (Lipinski definition) is 1. The maximum Gasteiger partial charge on any atom is 0.262 e. The summed E-state index contributed by atoms with van der Waals surface area (Å²) in [4.78, 5) is 26.6. The van der Waals surface area contributed by atoms with Gasteiger partial charge in [-0.1, -0.05) is 41.9 Å². The van der Waals surface area contributed by atoms with Crippen LogP contribution in [0.4, 0.5) is 4.39 Å². The molecule has 1 aliphatic rings. The molecule has 0 aliphatic carbocycles. The summed E-state index contributed by atoms with van der Waals surface area (Å²) in [6, 6.07) is 13.8. The Kier molecular flexibility index (Phi) is 5.92. The van der Waals surface area contributed by atoms with Crippen molar-refractivity contribution in [1.82, 2.24) is 4.90 Å². The first-order valence-corrected chi connectivity index (χ1v) is 9.30. The molecule has 0 radical (unpaired) electrons. The third-order valence-electron chi connectivity index (χ3n) is 4.92. The lowest BCUT2D eigenvalue weighted by molar-refractivity contribution is -0.153. The molecule has 142 valence electrons. The number of nitrogens with zero attached hydrogens (tertiary/aromatic N) is 1. The summed E-state index contributed by atoms with van der Waals surface area (Å²) in [5.74, 6) is -1.55. The Balaban J connectivity index is 1.58. The van der Waals surface area contributed by atoms with Crippen LogP contribution in [0.15, 0.2) is 48.5 Å². The number of Topliss-reactive ketones (excluding diaryl/α,β-unsaturated/α-hetero) is 1. The van der Waals surface area contributed by atoms with Crippen LogP contribution in [0.5, 0.6) is 0 Å². The molecule has 3 rings (SSSR count). The average Bonchev–Trinajstić information content (AvgIpc) is 2.94. The lowest BCUT2D eigenvalue weighted by Crippen LogP contribution is -2.47. The number of aliphatic hydroxyl groups is 1. The van der Waals surface area contributed by atoms with E-state index in [1.165, 1.54) is 17.0 Å². The predicted molar refractivity (Wildman–Crippen MR) is 101 cm³/mol. The molecule has 1 heterocycles. The fourth-order valence-corrected chi connectivity index (χ4v) is 3.61. The predicted octanol–water partition coefficient (Wildman–Crippen LogP) is 3.19. The zero-order valence-corrected chi connectivity index (χ0v) is 15.6. The van der Waals surface area contributed by atoms with E-state index in [0.29, 0.717) is 25.1 Å². The summed E-state index contributed by atoms with van der Waals surface area (Å²) < 4.78 is 13.4. The van der Waals surface area contributed by atoms with Gasteiger partial charge in [-0.05, 0) is 42.2 Å². The Hall–Kier alpha value is -2.24. The number of aryl methyl sites for hydroxylation is 1. The van der Waals surface area contributed by atoms with Crippen LogP contribution in [0.2, 0.25) is 5.02 Å². The molecule has 1 N–H and O–H groups in total. The quantitative estimate of drug-likeness (QED) is 0.740. The number of rotatable bonds is 7. The van der Waals surface area contributed by atoms with Gasteiger partial charge in [0.1, 0.15) is 5.82 Å². The molecule has 2 aromatic rings. The molecule has 0 aromatic heterocycles. The molecule has 0 bridgehead atoms. The minimum absolute atomic E-state index is 0.0471. The number of benzene rings is 2. The van der Waals surface area contributed by atoms with Gasteiger partial charge in [0.05, 0.1) is 0 Å². The van der Waals surface area contributed by atoms with E-state index in [-0.39, 0.29) is 24.3 Å². The molecule has 1 amide bonds. The molecular weight excluding hydrogens is 369 g/mol. The number of amides is 1. The van der Waals surface area contributed by atoms with Gasteiger partial charge in [0.25, 0.3) is 5.91 Å². The zero-order chi connectivity index (χ0) is 19.4. The largest absolute Gasteiger partial charge is 0.373 e. The van der Waals surface area contributed by atoms with Crippen molar-refractivity contribution in [3.8, 4) is 0 Å². The second-order valence-corrected chi connectivity index (χ2v) is 7.28. The number of carbonyl (C=O) groups is 2. The van der Waals surface area contributed by atoms with Crippen molar-refractivity contribution in [2.75, 3.05) is 13.1 Å². The van der Waals surface area contributed by atoms with Gasteiger partial charge in [-0.2, -0.15) is 0 Å². The normalized spacial score (nSPS) is 19.5. The van der Waals surface area contributed by atoms with Crippen LogP contribution in [0.1, 0.15) is 24.0 Å². The van der Waals surface area contributed by atoms with E-state index in [0.717, 1.165) is 5.56 Å². The second-order valence-electron chi connectivity index (χ2n) is 6.84. The molecule has 0 spiro atoms. The lowest BCUT2D eigenvalue weighted by Gasteiger charge is -2.21. The van der Waals surface area contributed by atoms with E-state index in [1.807, 2.05) is 30.3 Å². The van der Waals surface area contributed by atoms with Crippen molar-refractivity contribution >= 4 is 23.3 Å². The van der Waals surface area contributed by atoms with E-state index < -0.39 is 23.1 Å². The van der Waals surface area contributed by atoms with Crippen molar-refractivity contribution in [2.24, 2.45) is 0 Å². The van der Waals surface area contributed by atoms with Gasteiger partial charge >= 0.3 is 0 Å². The molecule has 0 unspecified atom stereocenters. The van der Waals surface area contributed by atoms with Gasteiger partial charge in [-0.3, -0.25) is 9.59 Å². The molecule has 1 saturated heterocycles. The first-order valence-electron chi connectivity index (χ1n) is 8.92. The van der Waals surface area contributed by atoms with Gasteiger partial charge in [-0.25, -0.2) is 4.39 Å². The van der Waals surface area contributed by atoms with Crippen LogP contribution in [0.25, 0.3) is 0 Å². The Morgan fingerprint density at radius 2 is 1.89 bits per heavy atom. The van der Waals surface area contributed by atoms with Gasteiger partial charge in [0.2, 0.25) is 5.60 Å². The lowest BCUT2D eigenvalue weighted by atomic mass is 9.92. The van der Waals surface area contributed by atoms with Crippen LogP contribution in [0, 0.1) is 5.82 Å². The maximum absolute atomic E-state index is 13.4. The first kappa shape index (κ1) is 19.5.